The molecule has 20 heavy (non-hydrogen) atoms. The van der Waals surface area contributed by atoms with Crippen molar-refractivity contribution in [2.45, 2.75) is 12.2 Å². The summed E-state index contributed by atoms with van der Waals surface area (Å²) < 4.78 is 9.39. The van der Waals surface area contributed by atoms with Gasteiger partial charge in [0.25, 0.3) is 0 Å². The molecule has 7 nitrogen and oxygen atoms in total. The zero-order valence-electron chi connectivity index (χ0n) is 10.4. The Balaban J connectivity index is 2.35. The molecule has 0 radical (unpaired) electrons. The summed E-state index contributed by atoms with van der Waals surface area (Å²) in [5, 5.41) is 28.7. The van der Waals surface area contributed by atoms with Crippen molar-refractivity contribution in [1.29, 1.82) is 0 Å². The third kappa shape index (κ3) is 2.49. The number of carboxylic acid groups (broad SMARTS) is 1. The molecule has 0 spiro atoms. The number of furan rings is 1. The number of rotatable bonds is 4. The van der Waals surface area contributed by atoms with E-state index in [4.69, 9.17) is 9.52 Å². The molecule has 106 valence electrons. The highest BCUT2D eigenvalue weighted by atomic mass is 16.5. The summed E-state index contributed by atoms with van der Waals surface area (Å²) in [6.07, 6.45) is -3.20. The minimum atomic E-state index is -1.72. The molecule has 2 rings (SSSR count). The predicted molar refractivity (Wildman–Crippen MR) is 66.2 cm³/mol. The molecule has 1 aromatic heterocycles. The second-order valence-corrected chi connectivity index (χ2v) is 4.13. The number of aromatic carboxylic acids is 1. The van der Waals surface area contributed by atoms with Crippen LogP contribution in [0.3, 0.4) is 0 Å². The first kappa shape index (κ1) is 14.0. The van der Waals surface area contributed by atoms with Crippen LogP contribution in [0.4, 0.5) is 0 Å². The summed E-state index contributed by atoms with van der Waals surface area (Å²) in [6.45, 7) is 0. The number of aliphatic hydroxyl groups is 2. The third-order valence-electron chi connectivity index (χ3n) is 2.83. The maximum absolute atomic E-state index is 11.2. The molecule has 0 aliphatic heterocycles. The number of hydrogen-bond acceptors (Lipinski definition) is 6. The topological polar surface area (TPSA) is 117 Å². The lowest BCUT2D eigenvalue weighted by Gasteiger charge is -2.15. The van der Waals surface area contributed by atoms with Gasteiger partial charge in [-0.1, -0.05) is 6.07 Å². The van der Waals surface area contributed by atoms with Gasteiger partial charge in [0.05, 0.1) is 7.11 Å². The second-order valence-electron chi connectivity index (χ2n) is 4.13. The monoisotopic (exact) mass is 280 g/mol. The lowest BCUT2D eigenvalue weighted by atomic mass is 10.0. The number of hydrogen-bond donors (Lipinski definition) is 3. The minimum Gasteiger partial charge on any atom is -0.475 e. The SMILES string of the molecule is COC(=O)C(O)C(O)c1ccc2oc(C(=O)O)cc2c1. The number of methoxy groups -OCH3 is 1. The van der Waals surface area contributed by atoms with Crippen molar-refractivity contribution in [3.8, 4) is 0 Å². The molecule has 0 fully saturated rings. The summed E-state index contributed by atoms with van der Waals surface area (Å²) in [4.78, 5) is 21.9. The molecule has 2 unspecified atom stereocenters. The van der Waals surface area contributed by atoms with Crippen LogP contribution in [0.2, 0.25) is 0 Å². The molecule has 0 aliphatic carbocycles. The summed E-state index contributed by atoms with van der Waals surface area (Å²) in [5.74, 6) is -2.41. The molecule has 0 amide bonds. The van der Waals surface area contributed by atoms with Crippen LogP contribution in [0.15, 0.2) is 28.7 Å². The number of esters is 1. The van der Waals surface area contributed by atoms with E-state index < -0.39 is 24.1 Å². The Morgan fingerprint density at radius 2 is 1.95 bits per heavy atom. The Labute approximate surface area is 113 Å². The number of benzene rings is 1. The van der Waals surface area contributed by atoms with Crippen molar-refractivity contribution < 1.29 is 34.1 Å². The summed E-state index contributed by atoms with van der Waals surface area (Å²) in [7, 11) is 1.09. The Morgan fingerprint density at radius 3 is 2.55 bits per heavy atom. The van der Waals surface area contributed by atoms with Crippen LogP contribution in [0.1, 0.15) is 22.2 Å². The molecule has 3 N–H and O–H groups in total. The number of ether oxygens (including phenoxy) is 1. The van der Waals surface area contributed by atoms with Crippen LogP contribution in [-0.4, -0.2) is 40.5 Å². The van der Waals surface area contributed by atoms with E-state index in [2.05, 4.69) is 4.74 Å². The van der Waals surface area contributed by atoms with Crippen molar-refractivity contribution in [2.75, 3.05) is 7.11 Å². The van der Waals surface area contributed by atoms with E-state index >= 15 is 0 Å². The van der Waals surface area contributed by atoms with Gasteiger partial charge in [-0.2, -0.15) is 0 Å². The van der Waals surface area contributed by atoms with Gasteiger partial charge >= 0.3 is 11.9 Å². The van der Waals surface area contributed by atoms with Gasteiger partial charge in [-0.05, 0) is 23.8 Å². The fraction of sp³-hybridized carbons (Fsp3) is 0.231. The van der Waals surface area contributed by atoms with Crippen molar-refractivity contribution in [3.63, 3.8) is 0 Å². The second kappa shape index (κ2) is 5.32. The van der Waals surface area contributed by atoms with E-state index in [1.807, 2.05) is 0 Å². The van der Waals surface area contributed by atoms with E-state index in [0.717, 1.165) is 7.11 Å². The first-order valence-electron chi connectivity index (χ1n) is 5.64. The highest BCUT2D eigenvalue weighted by Gasteiger charge is 2.26. The van der Waals surface area contributed by atoms with Gasteiger partial charge in [-0.15, -0.1) is 0 Å². The van der Waals surface area contributed by atoms with Gasteiger partial charge in [0, 0.05) is 5.39 Å². The fourth-order valence-corrected chi connectivity index (χ4v) is 1.78. The normalized spacial score (nSPS) is 13.9. The van der Waals surface area contributed by atoms with Crippen LogP contribution in [0, 0.1) is 0 Å². The van der Waals surface area contributed by atoms with Crippen molar-refractivity contribution in [2.24, 2.45) is 0 Å². The smallest absolute Gasteiger partial charge is 0.371 e. The average molecular weight is 280 g/mol. The van der Waals surface area contributed by atoms with E-state index in [9.17, 15) is 19.8 Å². The number of carbonyl (C=O) groups is 2. The van der Waals surface area contributed by atoms with Gasteiger partial charge in [0.15, 0.2) is 6.10 Å². The van der Waals surface area contributed by atoms with Crippen LogP contribution in [0.25, 0.3) is 11.0 Å². The maximum atomic E-state index is 11.2. The minimum absolute atomic E-state index is 0.236. The van der Waals surface area contributed by atoms with Crippen LogP contribution in [-0.2, 0) is 9.53 Å². The maximum Gasteiger partial charge on any atom is 0.371 e. The van der Waals surface area contributed by atoms with E-state index in [-0.39, 0.29) is 11.3 Å². The lowest BCUT2D eigenvalue weighted by molar-refractivity contribution is -0.156. The summed E-state index contributed by atoms with van der Waals surface area (Å²) in [6, 6.07) is 5.60. The molecule has 7 heteroatoms. The highest BCUT2D eigenvalue weighted by molar-refractivity contribution is 5.91. The number of fused-ring (bicyclic) bond motifs is 1. The number of carboxylic acids is 1. The molecule has 0 bridgehead atoms. The third-order valence-corrected chi connectivity index (χ3v) is 2.83. The fourth-order valence-electron chi connectivity index (χ4n) is 1.78. The largest absolute Gasteiger partial charge is 0.475 e. The Bertz CT molecular complexity index is 658. The zero-order valence-corrected chi connectivity index (χ0v) is 10.4. The molecule has 2 aromatic rings. The Hall–Kier alpha value is -2.38. The van der Waals surface area contributed by atoms with Crippen molar-refractivity contribution in [3.05, 3.63) is 35.6 Å². The Morgan fingerprint density at radius 1 is 1.25 bits per heavy atom. The van der Waals surface area contributed by atoms with Gasteiger partial charge < -0.3 is 24.5 Å². The van der Waals surface area contributed by atoms with Crippen molar-refractivity contribution in [1.82, 2.24) is 0 Å². The molecule has 0 saturated heterocycles. The number of carbonyl (C=O) groups excluding carboxylic acids is 1. The zero-order chi connectivity index (χ0) is 14.9. The van der Waals surface area contributed by atoms with Gasteiger partial charge in [-0.3, -0.25) is 0 Å². The predicted octanol–water partition coefficient (Wildman–Crippen LogP) is 0.698. The summed E-state index contributed by atoms with van der Waals surface area (Å²) in [5.41, 5.74) is 0.569. The van der Waals surface area contributed by atoms with E-state index in [1.54, 1.807) is 0 Å². The van der Waals surface area contributed by atoms with Crippen LogP contribution in [0.5, 0.6) is 0 Å². The summed E-state index contributed by atoms with van der Waals surface area (Å²) >= 11 is 0. The quantitative estimate of drug-likeness (QED) is 0.705. The van der Waals surface area contributed by atoms with Crippen LogP contribution < -0.4 is 0 Å². The molecular weight excluding hydrogens is 268 g/mol. The lowest BCUT2D eigenvalue weighted by Crippen LogP contribution is -2.28. The van der Waals surface area contributed by atoms with Gasteiger partial charge in [0.1, 0.15) is 11.7 Å². The molecule has 0 saturated carbocycles. The molecule has 1 aromatic carbocycles. The van der Waals surface area contributed by atoms with E-state index in [0.29, 0.717) is 11.0 Å². The van der Waals surface area contributed by atoms with Crippen molar-refractivity contribution >= 4 is 22.9 Å². The van der Waals surface area contributed by atoms with E-state index in [1.165, 1.54) is 24.3 Å². The standard InChI is InChI=1S/C13H12O7/c1-19-13(18)11(15)10(14)6-2-3-8-7(4-6)5-9(20-8)12(16)17/h2-5,10-11,14-15H,1H3,(H,16,17). The first-order chi connectivity index (χ1) is 9.43. The highest BCUT2D eigenvalue weighted by Crippen LogP contribution is 2.25. The molecular formula is C13H12O7. The first-order valence-corrected chi connectivity index (χ1v) is 5.64. The van der Waals surface area contributed by atoms with Gasteiger partial charge in [-0.25, -0.2) is 9.59 Å². The molecule has 2 atom stereocenters. The van der Waals surface area contributed by atoms with Gasteiger partial charge in [0.2, 0.25) is 5.76 Å². The molecule has 0 aliphatic rings. The average Bonchev–Trinajstić information content (AvgIpc) is 2.87. The van der Waals surface area contributed by atoms with Crippen LogP contribution >= 0.6 is 0 Å². The Kier molecular flexibility index (Phi) is 3.73. The molecule has 1 heterocycles. The number of aliphatic hydroxyl groups excluding tert-OH is 2.